The molecule has 0 aliphatic heterocycles. The highest BCUT2D eigenvalue weighted by Gasteiger charge is 2.25. The van der Waals surface area contributed by atoms with Crippen molar-refractivity contribution >= 4 is 33.2 Å². The van der Waals surface area contributed by atoms with E-state index >= 15 is 0 Å². The summed E-state index contributed by atoms with van der Waals surface area (Å²) in [6, 6.07) is 12.0. The van der Waals surface area contributed by atoms with Gasteiger partial charge in [-0.15, -0.1) is 0 Å². The van der Waals surface area contributed by atoms with Crippen molar-refractivity contribution in [2.75, 3.05) is 19.0 Å². The number of carbonyl (C=O) groups is 1. The van der Waals surface area contributed by atoms with Crippen molar-refractivity contribution in [3.8, 4) is 0 Å². The summed E-state index contributed by atoms with van der Waals surface area (Å²) < 4.78 is 27.7. The summed E-state index contributed by atoms with van der Waals surface area (Å²) in [4.78, 5) is 14.4. The molecular weight excluding hydrogens is 398 g/mol. The Labute approximate surface area is 171 Å². The minimum atomic E-state index is -3.85. The van der Waals surface area contributed by atoms with Gasteiger partial charge in [0.25, 0.3) is 5.91 Å². The van der Waals surface area contributed by atoms with Crippen LogP contribution in [0.4, 0.5) is 5.69 Å². The molecule has 2 aromatic carbocycles. The third kappa shape index (κ3) is 5.95. The monoisotopic (exact) mass is 423 g/mol. The second-order valence-corrected chi connectivity index (χ2v) is 9.81. The van der Waals surface area contributed by atoms with Crippen LogP contribution in [-0.2, 0) is 16.6 Å². The lowest BCUT2D eigenvalue weighted by Crippen LogP contribution is -2.40. The minimum absolute atomic E-state index is 0.0620. The largest absolute Gasteiger partial charge is 0.378 e. The third-order valence-electron chi connectivity index (χ3n) is 3.80. The molecule has 0 aromatic heterocycles. The number of carbonyl (C=O) groups excluding carboxylic acids is 1. The summed E-state index contributed by atoms with van der Waals surface area (Å²) in [7, 11) is 0.0325. The van der Waals surface area contributed by atoms with Gasteiger partial charge in [0.2, 0.25) is 10.0 Å². The number of rotatable bonds is 6. The first-order chi connectivity index (χ1) is 12.9. The maximum absolute atomic E-state index is 12.6. The van der Waals surface area contributed by atoms with Gasteiger partial charge in [0, 0.05) is 37.4 Å². The van der Waals surface area contributed by atoms with E-state index in [4.69, 9.17) is 11.6 Å². The van der Waals surface area contributed by atoms with Crippen molar-refractivity contribution in [1.29, 1.82) is 0 Å². The average molecular weight is 424 g/mol. The van der Waals surface area contributed by atoms with Gasteiger partial charge in [-0.05, 0) is 56.7 Å². The number of nitrogens with one attached hydrogen (secondary N) is 2. The second kappa shape index (κ2) is 8.51. The quantitative estimate of drug-likeness (QED) is 0.746. The molecule has 0 saturated heterocycles. The van der Waals surface area contributed by atoms with Crippen molar-refractivity contribution in [2.45, 2.75) is 37.8 Å². The topological polar surface area (TPSA) is 78.5 Å². The predicted molar refractivity (Wildman–Crippen MR) is 113 cm³/mol. The summed E-state index contributed by atoms with van der Waals surface area (Å²) in [5, 5.41) is 2.87. The third-order valence-corrected chi connectivity index (χ3v) is 6.04. The number of hydrogen-bond acceptors (Lipinski definition) is 4. The number of benzene rings is 2. The van der Waals surface area contributed by atoms with Crippen LogP contribution in [0.1, 0.15) is 36.7 Å². The van der Waals surface area contributed by atoms with E-state index in [2.05, 4.69) is 10.0 Å². The van der Waals surface area contributed by atoms with E-state index in [0.717, 1.165) is 11.3 Å². The zero-order valence-electron chi connectivity index (χ0n) is 16.7. The Hall–Kier alpha value is -2.09. The Bertz CT molecular complexity index is 967. The number of nitrogens with zero attached hydrogens (tertiary/aromatic N) is 1. The van der Waals surface area contributed by atoms with Crippen molar-refractivity contribution < 1.29 is 13.2 Å². The van der Waals surface area contributed by atoms with Crippen molar-refractivity contribution in [1.82, 2.24) is 10.0 Å². The van der Waals surface area contributed by atoms with Gasteiger partial charge in [-0.25, -0.2) is 13.1 Å². The number of hydrogen-bond donors (Lipinski definition) is 2. The smallest absolute Gasteiger partial charge is 0.251 e. The Morgan fingerprint density at radius 2 is 1.79 bits per heavy atom. The van der Waals surface area contributed by atoms with Gasteiger partial charge in [0.1, 0.15) is 4.90 Å². The molecule has 1 amide bonds. The van der Waals surface area contributed by atoms with Crippen molar-refractivity contribution in [2.24, 2.45) is 0 Å². The molecule has 0 unspecified atom stereocenters. The number of amides is 1. The van der Waals surface area contributed by atoms with Crippen LogP contribution in [0.15, 0.2) is 47.4 Å². The maximum Gasteiger partial charge on any atom is 0.251 e. The molecule has 0 atom stereocenters. The molecule has 0 heterocycles. The predicted octanol–water partition coefficient (Wildman–Crippen LogP) is 3.41. The summed E-state index contributed by atoms with van der Waals surface area (Å²) in [6.45, 7) is 5.52. The molecular formula is C20H26ClN3O3S. The van der Waals surface area contributed by atoms with Gasteiger partial charge in [0.05, 0.1) is 5.02 Å². The maximum atomic E-state index is 12.6. The molecule has 2 rings (SSSR count). The van der Waals surface area contributed by atoms with Crippen molar-refractivity contribution in [3.63, 3.8) is 0 Å². The number of sulfonamides is 1. The van der Waals surface area contributed by atoms with Crippen LogP contribution in [0.25, 0.3) is 0 Å². The van der Waals surface area contributed by atoms with Crippen LogP contribution >= 0.6 is 11.6 Å². The zero-order valence-corrected chi connectivity index (χ0v) is 18.3. The lowest BCUT2D eigenvalue weighted by Gasteiger charge is -2.21. The first kappa shape index (κ1) is 22.2. The molecule has 8 heteroatoms. The zero-order chi connectivity index (χ0) is 21.1. The fourth-order valence-corrected chi connectivity index (χ4v) is 4.48. The average Bonchev–Trinajstić information content (AvgIpc) is 2.58. The van der Waals surface area contributed by atoms with Crippen LogP contribution in [0, 0.1) is 0 Å². The lowest BCUT2D eigenvalue weighted by atomic mass is 10.1. The van der Waals surface area contributed by atoms with Crippen LogP contribution in [0.2, 0.25) is 5.02 Å². The van der Waals surface area contributed by atoms with Gasteiger partial charge in [-0.3, -0.25) is 4.79 Å². The van der Waals surface area contributed by atoms with E-state index in [1.165, 1.54) is 18.2 Å². The van der Waals surface area contributed by atoms with E-state index in [1.807, 2.05) is 43.3 Å². The molecule has 0 fully saturated rings. The second-order valence-electron chi connectivity index (χ2n) is 7.75. The molecule has 0 saturated carbocycles. The van der Waals surface area contributed by atoms with Gasteiger partial charge in [-0.2, -0.15) is 0 Å². The Kier molecular flexibility index (Phi) is 6.75. The SMILES string of the molecule is CN(C)c1cccc(CNC(=O)c2ccc(Cl)c(S(=O)(=O)NC(C)(C)C)c2)c1. The number of anilines is 1. The van der Waals surface area contributed by atoms with Crippen LogP contribution < -0.4 is 14.9 Å². The van der Waals surface area contributed by atoms with Crippen molar-refractivity contribution in [3.05, 3.63) is 58.6 Å². The van der Waals surface area contributed by atoms with Crippen LogP contribution in [0.5, 0.6) is 0 Å². The summed E-state index contributed by atoms with van der Waals surface area (Å²) in [6.07, 6.45) is 0. The summed E-state index contributed by atoms with van der Waals surface area (Å²) in [5.74, 6) is -0.376. The van der Waals surface area contributed by atoms with E-state index in [1.54, 1.807) is 20.8 Å². The highest BCUT2D eigenvalue weighted by molar-refractivity contribution is 7.89. The Morgan fingerprint density at radius 1 is 1.11 bits per heavy atom. The molecule has 2 N–H and O–H groups in total. The molecule has 2 aromatic rings. The Balaban J connectivity index is 2.20. The molecule has 28 heavy (non-hydrogen) atoms. The van der Waals surface area contributed by atoms with Gasteiger partial charge >= 0.3 is 0 Å². The molecule has 0 bridgehead atoms. The molecule has 0 aliphatic carbocycles. The molecule has 0 aliphatic rings. The number of halogens is 1. The van der Waals surface area contributed by atoms with Gasteiger partial charge < -0.3 is 10.2 Å². The highest BCUT2D eigenvalue weighted by atomic mass is 35.5. The fourth-order valence-electron chi connectivity index (χ4n) is 2.54. The first-order valence-electron chi connectivity index (χ1n) is 8.77. The van der Waals surface area contributed by atoms with Crippen LogP contribution in [0.3, 0.4) is 0 Å². The highest BCUT2D eigenvalue weighted by Crippen LogP contribution is 2.24. The van der Waals surface area contributed by atoms with E-state index < -0.39 is 15.6 Å². The summed E-state index contributed by atoms with van der Waals surface area (Å²) in [5.41, 5.74) is 1.52. The standard InChI is InChI=1S/C20H26ClN3O3S/c1-20(2,3)23-28(26,27)18-12-15(9-10-17(18)21)19(25)22-13-14-7-6-8-16(11-14)24(4)5/h6-12,23H,13H2,1-5H3,(H,22,25). The van der Waals surface area contributed by atoms with Crippen LogP contribution in [-0.4, -0.2) is 34.0 Å². The normalized spacial score (nSPS) is 11.9. The van der Waals surface area contributed by atoms with E-state index in [9.17, 15) is 13.2 Å². The minimum Gasteiger partial charge on any atom is -0.378 e. The lowest BCUT2D eigenvalue weighted by molar-refractivity contribution is 0.0950. The first-order valence-corrected chi connectivity index (χ1v) is 10.6. The molecule has 0 spiro atoms. The van der Waals surface area contributed by atoms with Gasteiger partial charge in [0.15, 0.2) is 0 Å². The summed E-state index contributed by atoms with van der Waals surface area (Å²) >= 11 is 6.08. The molecule has 6 nitrogen and oxygen atoms in total. The molecule has 0 radical (unpaired) electrons. The molecule has 152 valence electrons. The van der Waals surface area contributed by atoms with E-state index in [0.29, 0.717) is 6.54 Å². The fraction of sp³-hybridized carbons (Fsp3) is 0.350. The van der Waals surface area contributed by atoms with Gasteiger partial charge in [-0.1, -0.05) is 23.7 Å². The van der Waals surface area contributed by atoms with E-state index in [-0.39, 0.29) is 21.4 Å². The Morgan fingerprint density at radius 3 is 2.39 bits per heavy atom.